The van der Waals surface area contributed by atoms with Crippen LogP contribution in [0.5, 0.6) is 0 Å². The van der Waals surface area contributed by atoms with Crippen LogP contribution in [0.1, 0.15) is 19.3 Å². The molecule has 0 aromatic heterocycles. The summed E-state index contributed by atoms with van der Waals surface area (Å²) in [6, 6.07) is 0.290. The fourth-order valence-corrected chi connectivity index (χ4v) is 3.54. The van der Waals surface area contributed by atoms with Crippen LogP contribution in [0, 0.1) is 5.41 Å². The van der Waals surface area contributed by atoms with E-state index in [0.29, 0.717) is 11.5 Å². The Kier molecular flexibility index (Phi) is 1.36. The first kappa shape index (κ1) is 7.55. The first-order chi connectivity index (χ1) is 5.04. The van der Waals surface area contributed by atoms with Crippen molar-refractivity contribution in [1.29, 1.82) is 0 Å². The largest absolute Gasteiger partial charge is 0.327 e. The van der Waals surface area contributed by atoms with Crippen molar-refractivity contribution in [3.05, 3.63) is 0 Å². The molecule has 1 aliphatic carbocycles. The molecule has 1 unspecified atom stereocenters. The molecule has 11 heavy (non-hydrogen) atoms. The second-order valence-corrected chi connectivity index (χ2v) is 6.13. The smallest absolute Gasteiger partial charge is 0.150 e. The second-order valence-electron chi connectivity index (χ2n) is 3.82. The first-order valence-electron chi connectivity index (χ1n) is 4.00. The summed E-state index contributed by atoms with van der Waals surface area (Å²) >= 11 is 0. The highest BCUT2D eigenvalue weighted by Gasteiger charge is 2.53. The van der Waals surface area contributed by atoms with Crippen LogP contribution in [-0.4, -0.2) is 26.0 Å². The Labute approximate surface area is 66.9 Å². The molecular weight excluding hydrogens is 162 g/mol. The van der Waals surface area contributed by atoms with Crippen LogP contribution >= 0.6 is 0 Å². The van der Waals surface area contributed by atoms with Crippen molar-refractivity contribution in [1.82, 2.24) is 0 Å². The van der Waals surface area contributed by atoms with E-state index < -0.39 is 9.84 Å². The van der Waals surface area contributed by atoms with Gasteiger partial charge in [0.15, 0.2) is 0 Å². The molecule has 2 N–H and O–H groups in total. The zero-order chi connectivity index (χ0) is 8.11. The van der Waals surface area contributed by atoms with E-state index in [1.807, 2.05) is 0 Å². The van der Waals surface area contributed by atoms with Crippen molar-refractivity contribution in [2.24, 2.45) is 11.1 Å². The predicted molar refractivity (Wildman–Crippen MR) is 42.9 cm³/mol. The summed E-state index contributed by atoms with van der Waals surface area (Å²) in [5, 5.41) is 0. The lowest BCUT2D eigenvalue weighted by atomic mass is 9.99. The summed E-state index contributed by atoms with van der Waals surface area (Å²) in [5.74, 6) is 0.724. The highest BCUT2D eigenvalue weighted by atomic mass is 32.2. The molecule has 2 aliphatic rings. The number of nitrogens with two attached hydrogens (primary N) is 1. The average Bonchev–Trinajstić information content (AvgIpc) is 2.54. The van der Waals surface area contributed by atoms with E-state index in [1.165, 1.54) is 0 Å². The summed E-state index contributed by atoms with van der Waals surface area (Å²) in [5.41, 5.74) is 5.97. The van der Waals surface area contributed by atoms with E-state index in [0.717, 1.165) is 19.3 Å². The lowest BCUT2D eigenvalue weighted by Gasteiger charge is -2.21. The summed E-state index contributed by atoms with van der Waals surface area (Å²) < 4.78 is 22.1. The molecule has 64 valence electrons. The maximum Gasteiger partial charge on any atom is 0.150 e. The zero-order valence-electron chi connectivity index (χ0n) is 6.41. The molecule has 1 heterocycles. The van der Waals surface area contributed by atoms with Gasteiger partial charge in [-0.1, -0.05) is 0 Å². The van der Waals surface area contributed by atoms with Gasteiger partial charge in [-0.25, -0.2) is 8.42 Å². The molecular formula is C7H13NO2S. The Balaban J connectivity index is 2.07. The van der Waals surface area contributed by atoms with Crippen LogP contribution in [0.15, 0.2) is 0 Å². The van der Waals surface area contributed by atoms with Crippen LogP contribution in [0.3, 0.4) is 0 Å². The fourth-order valence-electron chi connectivity index (χ4n) is 1.90. The van der Waals surface area contributed by atoms with E-state index in [9.17, 15) is 8.42 Å². The number of rotatable bonds is 0. The number of hydrogen-bond donors (Lipinski definition) is 1. The summed E-state index contributed by atoms with van der Waals surface area (Å²) in [7, 11) is -2.69. The Morgan fingerprint density at radius 3 is 2.09 bits per heavy atom. The van der Waals surface area contributed by atoms with Gasteiger partial charge in [-0.3, -0.25) is 0 Å². The molecule has 1 aliphatic heterocycles. The highest BCUT2D eigenvalue weighted by Crippen LogP contribution is 2.52. The van der Waals surface area contributed by atoms with Gasteiger partial charge in [0.1, 0.15) is 9.84 Å². The van der Waals surface area contributed by atoms with Crippen LogP contribution < -0.4 is 5.73 Å². The summed E-state index contributed by atoms with van der Waals surface area (Å²) in [6.45, 7) is 0. The Hall–Kier alpha value is -0.0900. The fraction of sp³-hybridized carbons (Fsp3) is 1.00. The van der Waals surface area contributed by atoms with Gasteiger partial charge in [-0.05, 0) is 24.7 Å². The molecule has 3 nitrogen and oxygen atoms in total. The zero-order valence-corrected chi connectivity index (χ0v) is 7.23. The minimum atomic E-state index is -2.69. The average molecular weight is 175 g/mol. The Bertz CT molecular complexity index is 256. The molecule has 1 atom stereocenters. The third-order valence-electron chi connectivity index (χ3n) is 3.07. The lowest BCUT2D eigenvalue weighted by molar-refractivity contribution is 0.431. The SMILES string of the molecule is NC1CC12CCS(=O)(=O)CC2. The third kappa shape index (κ3) is 1.18. The van der Waals surface area contributed by atoms with Gasteiger partial charge in [0.25, 0.3) is 0 Å². The van der Waals surface area contributed by atoms with Crippen LogP contribution in [-0.2, 0) is 9.84 Å². The van der Waals surface area contributed by atoms with Crippen molar-refractivity contribution >= 4 is 9.84 Å². The van der Waals surface area contributed by atoms with E-state index in [1.54, 1.807) is 0 Å². The van der Waals surface area contributed by atoms with Gasteiger partial charge in [0.05, 0.1) is 11.5 Å². The van der Waals surface area contributed by atoms with Crippen molar-refractivity contribution in [2.45, 2.75) is 25.3 Å². The first-order valence-corrected chi connectivity index (χ1v) is 5.82. The van der Waals surface area contributed by atoms with Crippen molar-refractivity contribution in [3.8, 4) is 0 Å². The minimum absolute atomic E-state index is 0.241. The molecule has 0 aromatic rings. The molecule has 1 saturated carbocycles. The molecule has 4 heteroatoms. The molecule has 0 aromatic carbocycles. The van der Waals surface area contributed by atoms with E-state index in [4.69, 9.17) is 5.73 Å². The normalized spacial score (nSPS) is 38.8. The number of sulfone groups is 1. The van der Waals surface area contributed by atoms with Gasteiger partial charge in [-0.15, -0.1) is 0 Å². The van der Waals surface area contributed by atoms with Gasteiger partial charge in [0, 0.05) is 6.04 Å². The Morgan fingerprint density at radius 1 is 1.27 bits per heavy atom. The van der Waals surface area contributed by atoms with Crippen molar-refractivity contribution < 1.29 is 8.42 Å². The van der Waals surface area contributed by atoms with Crippen LogP contribution in [0.4, 0.5) is 0 Å². The summed E-state index contributed by atoms with van der Waals surface area (Å²) in [6.07, 6.45) is 2.65. The monoisotopic (exact) mass is 175 g/mol. The summed E-state index contributed by atoms with van der Waals surface area (Å²) in [4.78, 5) is 0. The molecule has 2 rings (SSSR count). The van der Waals surface area contributed by atoms with Gasteiger partial charge >= 0.3 is 0 Å². The Morgan fingerprint density at radius 2 is 1.73 bits per heavy atom. The highest BCUT2D eigenvalue weighted by molar-refractivity contribution is 7.91. The van der Waals surface area contributed by atoms with Gasteiger partial charge in [-0.2, -0.15) is 0 Å². The molecule has 0 amide bonds. The van der Waals surface area contributed by atoms with Gasteiger partial charge < -0.3 is 5.73 Å². The van der Waals surface area contributed by atoms with Crippen molar-refractivity contribution in [3.63, 3.8) is 0 Å². The maximum atomic E-state index is 11.0. The van der Waals surface area contributed by atoms with E-state index in [-0.39, 0.29) is 11.5 Å². The standard InChI is InChI=1S/C7H13NO2S/c8-6-5-7(6)1-3-11(9,10)4-2-7/h6H,1-5,8H2. The molecule has 1 spiro atoms. The molecule has 1 saturated heterocycles. The van der Waals surface area contributed by atoms with Gasteiger partial charge in [0.2, 0.25) is 0 Å². The predicted octanol–water partition coefficient (Wildman–Crippen LogP) is -0.0876. The van der Waals surface area contributed by atoms with Crippen LogP contribution in [0.25, 0.3) is 0 Å². The second kappa shape index (κ2) is 1.98. The maximum absolute atomic E-state index is 11.0. The van der Waals surface area contributed by atoms with E-state index >= 15 is 0 Å². The quantitative estimate of drug-likeness (QED) is 0.560. The van der Waals surface area contributed by atoms with Crippen LogP contribution in [0.2, 0.25) is 0 Å². The lowest BCUT2D eigenvalue weighted by Crippen LogP contribution is -2.28. The molecule has 0 bridgehead atoms. The topological polar surface area (TPSA) is 60.2 Å². The molecule has 0 radical (unpaired) electrons. The third-order valence-corrected chi connectivity index (χ3v) is 4.73. The van der Waals surface area contributed by atoms with E-state index in [2.05, 4.69) is 0 Å². The number of hydrogen-bond acceptors (Lipinski definition) is 3. The minimum Gasteiger partial charge on any atom is -0.327 e. The molecule has 2 fully saturated rings. The van der Waals surface area contributed by atoms with Crippen molar-refractivity contribution in [2.75, 3.05) is 11.5 Å².